The number of hydrogen-bond donors (Lipinski definition) is 2. The number of nitrogens with zero attached hydrogens (tertiary/aromatic N) is 1. The number of carboxylic acids is 1. The van der Waals surface area contributed by atoms with Gasteiger partial charge in [-0.1, -0.05) is 13.0 Å². The zero-order valence-corrected chi connectivity index (χ0v) is 10.9. The molecular formula is C14H18N2O2. The maximum Gasteiger partial charge on any atom is 0.335 e. The van der Waals surface area contributed by atoms with E-state index in [1.165, 1.54) is 0 Å². The highest BCUT2D eigenvalue weighted by molar-refractivity contribution is 5.91. The molecule has 4 nitrogen and oxygen atoms in total. The molecule has 0 aliphatic carbocycles. The van der Waals surface area contributed by atoms with Gasteiger partial charge in [0.25, 0.3) is 0 Å². The third kappa shape index (κ3) is 3.45. The molecule has 0 saturated carbocycles. The molecule has 0 fully saturated rings. The Kier molecular flexibility index (Phi) is 4.66. The fourth-order valence-corrected chi connectivity index (χ4v) is 1.34. The first-order chi connectivity index (χ1) is 8.45. The third-order valence-corrected chi connectivity index (χ3v) is 2.84. The first-order valence-corrected chi connectivity index (χ1v) is 5.79. The van der Waals surface area contributed by atoms with Crippen molar-refractivity contribution in [3.05, 3.63) is 46.3 Å². The van der Waals surface area contributed by atoms with E-state index in [2.05, 4.69) is 4.99 Å². The van der Waals surface area contributed by atoms with E-state index in [4.69, 9.17) is 10.8 Å². The largest absolute Gasteiger partial charge is 0.478 e. The Balaban J connectivity index is 3.07. The molecule has 96 valence electrons. The molecule has 0 aromatic heterocycles. The average Bonchev–Trinajstić information content (AvgIpc) is 2.36. The van der Waals surface area contributed by atoms with Crippen LogP contribution in [0.25, 0.3) is 0 Å². The Morgan fingerprint density at radius 1 is 1.50 bits per heavy atom. The van der Waals surface area contributed by atoms with Gasteiger partial charge in [-0.05, 0) is 49.1 Å². The van der Waals surface area contributed by atoms with Crippen LogP contribution in [0.15, 0.2) is 34.6 Å². The second kappa shape index (κ2) is 6.00. The van der Waals surface area contributed by atoms with E-state index in [1.807, 2.05) is 20.8 Å². The second-order valence-corrected chi connectivity index (χ2v) is 4.15. The van der Waals surface area contributed by atoms with Gasteiger partial charge in [0.2, 0.25) is 0 Å². The van der Waals surface area contributed by atoms with Gasteiger partial charge in [-0.2, -0.15) is 0 Å². The molecule has 0 atom stereocenters. The number of carboxylic acid groups (broad SMARTS) is 1. The van der Waals surface area contributed by atoms with Crippen molar-refractivity contribution in [2.24, 2.45) is 10.7 Å². The van der Waals surface area contributed by atoms with Gasteiger partial charge < -0.3 is 10.8 Å². The standard InChI is InChI=1S/C14H18N2O2/c1-4-9(2)13(15)16-8-12-7-11(14(17)18)6-5-10(12)3/h5-8H,4,15H2,1-3H3,(H,17,18)/b13-9?,16-8-. The predicted molar refractivity (Wildman–Crippen MR) is 72.9 cm³/mol. The van der Waals surface area contributed by atoms with Crippen LogP contribution < -0.4 is 5.73 Å². The van der Waals surface area contributed by atoms with Crippen LogP contribution >= 0.6 is 0 Å². The summed E-state index contributed by atoms with van der Waals surface area (Å²) in [6, 6.07) is 4.93. The van der Waals surface area contributed by atoms with Crippen LogP contribution in [-0.2, 0) is 0 Å². The number of aryl methyl sites for hydroxylation is 1. The van der Waals surface area contributed by atoms with Gasteiger partial charge in [-0.3, -0.25) is 0 Å². The average molecular weight is 246 g/mol. The van der Waals surface area contributed by atoms with Gasteiger partial charge in [0.05, 0.1) is 5.56 Å². The zero-order chi connectivity index (χ0) is 13.7. The Hall–Kier alpha value is -2.10. The molecule has 0 bridgehead atoms. The van der Waals surface area contributed by atoms with E-state index in [0.717, 1.165) is 23.1 Å². The molecule has 0 spiro atoms. The van der Waals surface area contributed by atoms with Gasteiger partial charge in [-0.25, -0.2) is 9.79 Å². The van der Waals surface area contributed by atoms with E-state index in [0.29, 0.717) is 5.82 Å². The fourth-order valence-electron chi connectivity index (χ4n) is 1.34. The van der Waals surface area contributed by atoms with Crippen molar-refractivity contribution < 1.29 is 9.90 Å². The van der Waals surface area contributed by atoms with Crippen LogP contribution in [0.1, 0.15) is 41.8 Å². The number of aliphatic imine (C=N–C) groups is 1. The van der Waals surface area contributed by atoms with Crippen molar-refractivity contribution in [1.82, 2.24) is 0 Å². The number of nitrogens with two attached hydrogens (primary N) is 1. The van der Waals surface area contributed by atoms with Crippen molar-refractivity contribution in [2.75, 3.05) is 0 Å². The molecule has 18 heavy (non-hydrogen) atoms. The predicted octanol–water partition coefficient (Wildman–Crippen LogP) is 2.71. The molecule has 0 radical (unpaired) electrons. The topological polar surface area (TPSA) is 75.7 Å². The Morgan fingerprint density at radius 2 is 2.17 bits per heavy atom. The van der Waals surface area contributed by atoms with Crippen LogP contribution in [0, 0.1) is 6.92 Å². The minimum atomic E-state index is -0.946. The van der Waals surface area contributed by atoms with Gasteiger partial charge in [0.15, 0.2) is 0 Å². The quantitative estimate of drug-likeness (QED) is 0.802. The molecule has 0 heterocycles. The molecule has 1 aromatic carbocycles. The molecule has 0 saturated heterocycles. The van der Waals surface area contributed by atoms with Crippen molar-refractivity contribution in [3.63, 3.8) is 0 Å². The minimum absolute atomic E-state index is 0.247. The molecule has 0 unspecified atom stereocenters. The summed E-state index contributed by atoms with van der Waals surface area (Å²) in [5.74, 6) is -0.462. The summed E-state index contributed by atoms with van der Waals surface area (Å²) in [4.78, 5) is 15.0. The van der Waals surface area contributed by atoms with Crippen molar-refractivity contribution in [3.8, 4) is 0 Å². The molecular weight excluding hydrogens is 228 g/mol. The Morgan fingerprint density at radius 3 is 2.72 bits per heavy atom. The lowest BCUT2D eigenvalue weighted by atomic mass is 10.1. The highest BCUT2D eigenvalue weighted by atomic mass is 16.4. The van der Waals surface area contributed by atoms with Crippen LogP contribution in [0.3, 0.4) is 0 Å². The van der Waals surface area contributed by atoms with Crippen molar-refractivity contribution >= 4 is 12.2 Å². The van der Waals surface area contributed by atoms with Gasteiger partial charge in [0.1, 0.15) is 5.82 Å². The summed E-state index contributed by atoms with van der Waals surface area (Å²) in [6.07, 6.45) is 2.45. The number of carbonyl (C=O) groups is 1. The SMILES string of the molecule is CCC(C)=C(N)/N=C\c1cc(C(=O)O)ccc1C. The number of allylic oxidation sites excluding steroid dienone is 1. The number of aromatic carboxylic acids is 1. The molecule has 3 N–H and O–H groups in total. The number of rotatable bonds is 4. The van der Waals surface area contributed by atoms with E-state index in [9.17, 15) is 4.79 Å². The summed E-state index contributed by atoms with van der Waals surface area (Å²) >= 11 is 0. The summed E-state index contributed by atoms with van der Waals surface area (Å²) < 4.78 is 0. The third-order valence-electron chi connectivity index (χ3n) is 2.84. The molecule has 0 amide bonds. The lowest BCUT2D eigenvalue weighted by molar-refractivity contribution is 0.0697. The van der Waals surface area contributed by atoms with E-state index >= 15 is 0 Å². The van der Waals surface area contributed by atoms with E-state index in [1.54, 1.807) is 24.4 Å². The van der Waals surface area contributed by atoms with Crippen LogP contribution in [0.4, 0.5) is 0 Å². The first kappa shape index (κ1) is 14.0. The number of hydrogen-bond acceptors (Lipinski definition) is 3. The maximum atomic E-state index is 10.9. The fraction of sp³-hybridized carbons (Fsp3) is 0.286. The lowest BCUT2D eigenvalue weighted by Crippen LogP contribution is -2.01. The van der Waals surface area contributed by atoms with E-state index < -0.39 is 5.97 Å². The molecule has 1 rings (SSSR count). The molecule has 4 heteroatoms. The van der Waals surface area contributed by atoms with Gasteiger partial charge in [-0.15, -0.1) is 0 Å². The van der Waals surface area contributed by atoms with Crippen molar-refractivity contribution in [1.29, 1.82) is 0 Å². The monoisotopic (exact) mass is 246 g/mol. The highest BCUT2D eigenvalue weighted by Crippen LogP contribution is 2.10. The first-order valence-electron chi connectivity index (χ1n) is 5.79. The molecule has 0 aliphatic heterocycles. The van der Waals surface area contributed by atoms with Crippen LogP contribution in [0.2, 0.25) is 0 Å². The van der Waals surface area contributed by atoms with Gasteiger partial charge in [0, 0.05) is 6.21 Å². The van der Waals surface area contributed by atoms with Gasteiger partial charge >= 0.3 is 5.97 Å². The normalized spacial score (nSPS) is 12.6. The zero-order valence-electron chi connectivity index (χ0n) is 10.9. The Bertz CT molecular complexity index is 517. The summed E-state index contributed by atoms with van der Waals surface area (Å²) in [5, 5.41) is 8.93. The minimum Gasteiger partial charge on any atom is -0.478 e. The summed E-state index contributed by atoms with van der Waals surface area (Å²) in [5.41, 5.74) is 8.78. The van der Waals surface area contributed by atoms with Crippen LogP contribution in [-0.4, -0.2) is 17.3 Å². The number of benzene rings is 1. The molecule has 0 aliphatic rings. The second-order valence-electron chi connectivity index (χ2n) is 4.15. The van der Waals surface area contributed by atoms with Crippen molar-refractivity contribution in [2.45, 2.75) is 27.2 Å². The molecule has 1 aromatic rings. The highest BCUT2D eigenvalue weighted by Gasteiger charge is 2.04. The smallest absolute Gasteiger partial charge is 0.335 e. The maximum absolute atomic E-state index is 10.9. The Labute approximate surface area is 107 Å². The van der Waals surface area contributed by atoms with Crippen LogP contribution in [0.5, 0.6) is 0 Å². The summed E-state index contributed by atoms with van der Waals surface area (Å²) in [6.45, 7) is 5.83. The summed E-state index contributed by atoms with van der Waals surface area (Å²) in [7, 11) is 0. The van der Waals surface area contributed by atoms with E-state index in [-0.39, 0.29) is 5.56 Å². The lowest BCUT2D eigenvalue weighted by Gasteiger charge is -2.03.